The van der Waals surface area contributed by atoms with Crippen molar-refractivity contribution in [2.24, 2.45) is 0 Å². The molecule has 21 heavy (non-hydrogen) atoms. The number of ether oxygens (including phenoxy) is 1. The van der Waals surface area contributed by atoms with Crippen molar-refractivity contribution in [1.82, 2.24) is 0 Å². The molecule has 1 aliphatic carbocycles. The maximum absolute atomic E-state index is 11.9. The van der Waals surface area contributed by atoms with Gasteiger partial charge in [-0.15, -0.1) is 0 Å². The summed E-state index contributed by atoms with van der Waals surface area (Å²) in [5.74, 6) is 0.775. The second-order valence-electron chi connectivity index (χ2n) is 4.95. The van der Waals surface area contributed by atoms with E-state index in [0.29, 0.717) is 28.8 Å². The summed E-state index contributed by atoms with van der Waals surface area (Å²) in [4.78, 5) is 11.9. The van der Waals surface area contributed by atoms with Crippen LogP contribution in [0.5, 0.6) is 5.75 Å². The normalized spacial score (nSPS) is 13.4. The molecule has 0 fully saturated rings. The lowest BCUT2D eigenvalue weighted by Gasteiger charge is -2.13. The van der Waals surface area contributed by atoms with E-state index in [-0.39, 0.29) is 5.78 Å². The quantitative estimate of drug-likeness (QED) is 0.778. The number of benzene rings is 2. The van der Waals surface area contributed by atoms with E-state index >= 15 is 0 Å². The van der Waals surface area contributed by atoms with E-state index < -0.39 is 0 Å². The van der Waals surface area contributed by atoms with Crippen molar-refractivity contribution in [3.05, 3.63) is 51.5 Å². The maximum Gasteiger partial charge on any atom is 0.163 e. The van der Waals surface area contributed by atoms with Gasteiger partial charge in [0.2, 0.25) is 0 Å². The van der Waals surface area contributed by atoms with E-state index in [0.717, 1.165) is 28.7 Å². The Balaban J connectivity index is 2.14. The minimum atomic E-state index is 0.194. The first kappa shape index (κ1) is 14.4. The number of hydrogen-bond acceptors (Lipinski definition) is 2. The van der Waals surface area contributed by atoms with Gasteiger partial charge in [-0.25, -0.2) is 0 Å². The third kappa shape index (κ3) is 2.54. The number of hydrogen-bond donors (Lipinski definition) is 0. The van der Waals surface area contributed by atoms with Crippen molar-refractivity contribution in [3.63, 3.8) is 0 Å². The molecule has 2 nitrogen and oxygen atoms in total. The second kappa shape index (κ2) is 5.70. The molecule has 0 spiro atoms. The highest BCUT2D eigenvalue weighted by Crippen LogP contribution is 2.40. The van der Waals surface area contributed by atoms with E-state index in [2.05, 4.69) is 0 Å². The minimum absolute atomic E-state index is 0.194. The van der Waals surface area contributed by atoms with Crippen molar-refractivity contribution >= 4 is 29.0 Å². The summed E-state index contributed by atoms with van der Waals surface area (Å²) in [5, 5.41) is 1.11. The molecule has 0 aromatic heterocycles. The van der Waals surface area contributed by atoms with E-state index in [9.17, 15) is 4.79 Å². The molecule has 0 saturated heterocycles. The number of fused-ring (bicyclic) bond motifs is 1. The highest BCUT2D eigenvalue weighted by molar-refractivity contribution is 6.36. The van der Waals surface area contributed by atoms with Crippen LogP contribution in [0.15, 0.2) is 30.3 Å². The summed E-state index contributed by atoms with van der Waals surface area (Å²) < 4.78 is 5.45. The Labute approximate surface area is 133 Å². The Morgan fingerprint density at radius 2 is 1.81 bits per heavy atom. The number of carbonyl (C=O) groups is 1. The summed E-state index contributed by atoms with van der Waals surface area (Å²) in [6.07, 6.45) is 1.32. The van der Waals surface area contributed by atoms with Gasteiger partial charge in [0.15, 0.2) is 5.78 Å². The molecule has 0 aliphatic heterocycles. The first-order chi connectivity index (χ1) is 10.1. The monoisotopic (exact) mass is 320 g/mol. The van der Waals surface area contributed by atoms with Crippen LogP contribution in [0.1, 0.15) is 29.3 Å². The molecule has 108 valence electrons. The largest absolute Gasteiger partial charge is 0.492 e. The average Bonchev–Trinajstić information content (AvgIpc) is 2.85. The van der Waals surface area contributed by atoms with Gasteiger partial charge in [0, 0.05) is 23.6 Å². The fraction of sp³-hybridized carbons (Fsp3) is 0.235. The smallest absolute Gasteiger partial charge is 0.163 e. The Morgan fingerprint density at radius 3 is 2.57 bits per heavy atom. The summed E-state index contributed by atoms with van der Waals surface area (Å²) in [6, 6.07) is 9.29. The van der Waals surface area contributed by atoms with E-state index in [4.69, 9.17) is 27.9 Å². The predicted octanol–water partition coefficient (Wildman–Crippen LogP) is 5.19. The zero-order chi connectivity index (χ0) is 15.0. The van der Waals surface area contributed by atoms with E-state index in [1.165, 1.54) is 0 Å². The van der Waals surface area contributed by atoms with E-state index in [1.54, 1.807) is 6.07 Å². The van der Waals surface area contributed by atoms with Crippen molar-refractivity contribution in [2.75, 3.05) is 6.61 Å². The van der Waals surface area contributed by atoms with Gasteiger partial charge in [-0.05, 0) is 30.5 Å². The highest BCUT2D eigenvalue weighted by Gasteiger charge is 2.23. The molecule has 1 aliphatic rings. The van der Waals surface area contributed by atoms with Crippen molar-refractivity contribution in [2.45, 2.75) is 19.8 Å². The first-order valence-corrected chi connectivity index (χ1v) is 7.64. The standard InChI is InChI=1S/C17H14Cl2O2/c1-2-21-17-9-14(18)13(8-15(17)19)10-4-3-5-12-11(10)6-7-16(12)20/h3-5,8-9H,2,6-7H2,1H3. The predicted molar refractivity (Wildman–Crippen MR) is 85.7 cm³/mol. The number of Topliss-reactive ketones (excluding diaryl/α,β-unsaturated/α-hetero) is 1. The maximum atomic E-state index is 11.9. The third-order valence-electron chi connectivity index (χ3n) is 3.69. The molecule has 2 aromatic rings. The SMILES string of the molecule is CCOc1cc(Cl)c(-c2cccc3c2CCC3=O)cc1Cl. The van der Waals surface area contributed by atoms with Crippen LogP contribution < -0.4 is 4.74 Å². The number of rotatable bonds is 3. The summed E-state index contributed by atoms with van der Waals surface area (Å²) in [7, 11) is 0. The summed E-state index contributed by atoms with van der Waals surface area (Å²) in [5.41, 5.74) is 3.68. The van der Waals surface area contributed by atoms with Crippen molar-refractivity contribution in [3.8, 4) is 16.9 Å². The topological polar surface area (TPSA) is 26.3 Å². The average molecular weight is 321 g/mol. The van der Waals surface area contributed by atoms with Crippen LogP contribution >= 0.6 is 23.2 Å². The Hall–Kier alpha value is -1.51. The molecule has 4 heteroatoms. The van der Waals surface area contributed by atoms with Crippen molar-refractivity contribution < 1.29 is 9.53 Å². The van der Waals surface area contributed by atoms with Gasteiger partial charge in [-0.3, -0.25) is 4.79 Å². The summed E-state index contributed by atoms with van der Waals surface area (Å²) in [6.45, 7) is 2.43. The Morgan fingerprint density at radius 1 is 1.05 bits per heavy atom. The van der Waals surface area contributed by atoms with Gasteiger partial charge in [-0.1, -0.05) is 41.4 Å². The lowest BCUT2D eigenvalue weighted by Crippen LogP contribution is -1.95. The van der Waals surface area contributed by atoms with Gasteiger partial charge in [0.05, 0.1) is 16.7 Å². The van der Waals surface area contributed by atoms with Crippen LogP contribution in [-0.4, -0.2) is 12.4 Å². The molecular formula is C17H14Cl2O2. The van der Waals surface area contributed by atoms with Gasteiger partial charge < -0.3 is 4.74 Å². The zero-order valence-electron chi connectivity index (χ0n) is 11.6. The number of carbonyl (C=O) groups excluding carboxylic acids is 1. The minimum Gasteiger partial charge on any atom is -0.492 e. The van der Waals surface area contributed by atoms with Gasteiger partial charge in [0.25, 0.3) is 0 Å². The number of halogens is 2. The van der Waals surface area contributed by atoms with E-state index in [1.807, 2.05) is 31.2 Å². The fourth-order valence-corrected chi connectivity index (χ4v) is 3.22. The van der Waals surface area contributed by atoms with Gasteiger partial charge in [-0.2, -0.15) is 0 Å². The molecule has 0 N–H and O–H groups in total. The molecule has 0 amide bonds. The van der Waals surface area contributed by atoms with Crippen LogP contribution in [0.2, 0.25) is 10.0 Å². The lowest BCUT2D eigenvalue weighted by molar-refractivity contribution is 0.0994. The molecule has 3 rings (SSSR count). The van der Waals surface area contributed by atoms with Crippen LogP contribution in [0.3, 0.4) is 0 Å². The second-order valence-corrected chi connectivity index (χ2v) is 5.76. The van der Waals surface area contributed by atoms with Crippen LogP contribution in [-0.2, 0) is 6.42 Å². The molecule has 0 radical (unpaired) electrons. The molecule has 0 heterocycles. The Kier molecular flexibility index (Phi) is 3.92. The van der Waals surface area contributed by atoms with Crippen molar-refractivity contribution in [1.29, 1.82) is 0 Å². The zero-order valence-corrected chi connectivity index (χ0v) is 13.1. The van der Waals surface area contributed by atoms with Gasteiger partial charge >= 0.3 is 0 Å². The first-order valence-electron chi connectivity index (χ1n) is 6.89. The lowest BCUT2D eigenvalue weighted by atomic mass is 9.96. The molecule has 0 saturated carbocycles. The Bertz CT molecular complexity index is 723. The molecule has 2 aromatic carbocycles. The fourth-order valence-electron chi connectivity index (χ4n) is 2.74. The summed E-state index contributed by atoms with van der Waals surface area (Å²) >= 11 is 12.6. The van der Waals surface area contributed by atoms with Gasteiger partial charge in [0.1, 0.15) is 5.75 Å². The number of ketones is 1. The third-order valence-corrected chi connectivity index (χ3v) is 4.30. The van der Waals surface area contributed by atoms with Crippen LogP contribution in [0, 0.1) is 0 Å². The molecule has 0 bridgehead atoms. The van der Waals surface area contributed by atoms with Crippen LogP contribution in [0.25, 0.3) is 11.1 Å². The molecule has 0 unspecified atom stereocenters. The highest BCUT2D eigenvalue weighted by atomic mass is 35.5. The molecular weight excluding hydrogens is 307 g/mol. The molecule has 0 atom stereocenters. The van der Waals surface area contributed by atoms with Crippen LogP contribution in [0.4, 0.5) is 0 Å².